The maximum absolute atomic E-state index is 11.3. The van der Waals surface area contributed by atoms with Gasteiger partial charge >= 0.3 is 0 Å². The lowest BCUT2D eigenvalue weighted by molar-refractivity contribution is -0.123. The second-order valence-corrected chi connectivity index (χ2v) is 3.90. The lowest BCUT2D eigenvalue weighted by Gasteiger charge is -2.41. The number of hydrogen-bond acceptors (Lipinski definition) is 4. The second-order valence-electron chi connectivity index (χ2n) is 3.90. The summed E-state index contributed by atoms with van der Waals surface area (Å²) < 4.78 is 5.06. The van der Waals surface area contributed by atoms with Crippen LogP contribution in [-0.2, 0) is 4.79 Å². The lowest BCUT2D eigenvalue weighted by Crippen LogP contribution is -2.70. The Kier molecular flexibility index (Phi) is 2.70. The quantitative estimate of drug-likeness (QED) is 0.665. The van der Waals surface area contributed by atoms with Crippen molar-refractivity contribution in [3.8, 4) is 5.75 Å². The van der Waals surface area contributed by atoms with Gasteiger partial charge in [0.1, 0.15) is 11.3 Å². The van der Waals surface area contributed by atoms with Gasteiger partial charge in [0.15, 0.2) is 0 Å². The summed E-state index contributed by atoms with van der Waals surface area (Å²) in [5.41, 5.74) is 5.59. The van der Waals surface area contributed by atoms with Gasteiger partial charge in [0.05, 0.1) is 7.11 Å². The van der Waals surface area contributed by atoms with Crippen molar-refractivity contribution in [1.29, 1.82) is 0 Å². The van der Waals surface area contributed by atoms with Crippen LogP contribution >= 0.6 is 0 Å². The Labute approximate surface area is 94.0 Å². The first kappa shape index (κ1) is 10.8. The Hall–Kier alpha value is -1.75. The van der Waals surface area contributed by atoms with Gasteiger partial charge in [0, 0.05) is 18.8 Å². The lowest BCUT2D eigenvalue weighted by atomic mass is 9.91. The number of rotatable bonds is 4. The van der Waals surface area contributed by atoms with Gasteiger partial charge in [-0.3, -0.25) is 4.79 Å². The highest BCUT2D eigenvalue weighted by Gasteiger charge is 2.42. The fourth-order valence-electron chi connectivity index (χ4n) is 1.65. The van der Waals surface area contributed by atoms with E-state index < -0.39 is 5.54 Å². The zero-order valence-electron chi connectivity index (χ0n) is 9.12. The average molecular weight is 221 g/mol. The van der Waals surface area contributed by atoms with E-state index in [9.17, 15) is 4.79 Å². The van der Waals surface area contributed by atoms with Crippen LogP contribution in [0.25, 0.3) is 0 Å². The number of amides is 1. The molecule has 16 heavy (non-hydrogen) atoms. The van der Waals surface area contributed by atoms with Crippen molar-refractivity contribution in [2.45, 2.75) is 5.54 Å². The minimum Gasteiger partial charge on any atom is -0.497 e. The van der Waals surface area contributed by atoms with Crippen LogP contribution in [0.1, 0.15) is 0 Å². The molecule has 1 aliphatic rings. The predicted molar refractivity (Wildman–Crippen MR) is 61.4 cm³/mol. The van der Waals surface area contributed by atoms with Crippen LogP contribution in [0.15, 0.2) is 24.3 Å². The molecule has 86 valence electrons. The highest BCUT2D eigenvalue weighted by atomic mass is 16.5. The monoisotopic (exact) mass is 221 g/mol. The van der Waals surface area contributed by atoms with Crippen LogP contribution in [0, 0.1) is 0 Å². The molecule has 1 aromatic carbocycles. The topological polar surface area (TPSA) is 76.4 Å². The van der Waals surface area contributed by atoms with Crippen LogP contribution in [-0.4, -0.2) is 31.6 Å². The molecule has 0 radical (unpaired) electrons. The summed E-state index contributed by atoms with van der Waals surface area (Å²) in [5.74, 6) is 0.451. The van der Waals surface area contributed by atoms with E-state index in [2.05, 4.69) is 10.6 Å². The number of ether oxygens (including phenoxy) is 1. The molecule has 0 aliphatic carbocycles. The Balaban J connectivity index is 2.10. The summed E-state index contributed by atoms with van der Waals surface area (Å²) >= 11 is 0. The van der Waals surface area contributed by atoms with Crippen LogP contribution in [0.5, 0.6) is 5.75 Å². The van der Waals surface area contributed by atoms with Gasteiger partial charge in [-0.25, -0.2) is 0 Å². The Morgan fingerprint density at radius 2 is 2.06 bits per heavy atom. The van der Waals surface area contributed by atoms with Crippen molar-refractivity contribution in [2.75, 3.05) is 25.5 Å². The Morgan fingerprint density at radius 1 is 1.44 bits per heavy atom. The van der Waals surface area contributed by atoms with Gasteiger partial charge < -0.3 is 21.1 Å². The van der Waals surface area contributed by atoms with Gasteiger partial charge in [-0.05, 0) is 24.3 Å². The van der Waals surface area contributed by atoms with Crippen molar-refractivity contribution in [3.05, 3.63) is 24.3 Å². The van der Waals surface area contributed by atoms with E-state index in [1.54, 1.807) is 7.11 Å². The van der Waals surface area contributed by atoms with E-state index in [0.29, 0.717) is 13.1 Å². The molecule has 0 bridgehead atoms. The van der Waals surface area contributed by atoms with Crippen LogP contribution in [0.3, 0.4) is 0 Å². The van der Waals surface area contributed by atoms with E-state index in [-0.39, 0.29) is 5.91 Å². The highest BCUT2D eigenvalue weighted by Crippen LogP contribution is 2.21. The number of nitrogens with one attached hydrogen (secondary N) is 2. The molecule has 2 rings (SSSR count). The third-order valence-corrected chi connectivity index (χ3v) is 2.80. The van der Waals surface area contributed by atoms with Gasteiger partial charge in [0.25, 0.3) is 0 Å². The van der Waals surface area contributed by atoms with E-state index in [0.717, 1.165) is 11.4 Å². The van der Waals surface area contributed by atoms with Crippen molar-refractivity contribution in [2.24, 2.45) is 5.73 Å². The first-order valence-electron chi connectivity index (χ1n) is 5.09. The predicted octanol–water partition coefficient (Wildman–Crippen LogP) is -0.0656. The first-order chi connectivity index (χ1) is 7.66. The molecular formula is C11H15N3O2. The molecule has 1 aromatic rings. The summed E-state index contributed by atoms with van der Waals surface area (Å²) in [6.07, 6.45) is 0. The summed E-state index contributed by atoms with van der Waals surface area (Å²) in [6.45, 7) is 1.13. The van der Waals surface area contributed by atoms with E-state index >= 15 is 0 Å². The highest BCUT2D eigenvalue weighted by molar-refractivity contribution is 5.90. The standard InChI is InChI=1S/C11H15N3O2/c1-16-9-4-2-8(3-5-9)14-11(10(12)15)6-13-7-11/h2-5,13-14H,6-7H2,1H3,(H2,12,15). The van der Waals surface area contributed by atoms with E-state index in [1.807, 2.05) is 24.3 Å². The number of primary amides is 1. The Bertz CT molecular complexity index is 385. The minimum absolute atomic E-state index is 0.331. The molecule has 5 heteroatoms. The summed E-state index contributed by atoms with van der Waals surface area (Å²) in [4.78, 5) is 11.3. The zero-order chi connectivity index (χ0) is 11.6. The molecule has 1 amide bonds. The number of carbonyl (C=O) groups excluding carboxylic acids is 1. The average Bonchev–Trinajstić information content (AvgIpc) is 2.24. The number of benzene rings is 1. The maximum atomic E-state index is 11.3. The third kappa shape index (κ3) is 1.81. The number of nitrogens with two attached hydrogens (primary N) is 1. The van der Waals surface area contributed by atoms with Crippen molar-refractivity contribution in [3.63, 3.8) is 0 Å². The molecule has 0 atom stereocenters. The van der Waals surface area contributed by atoms with Gasteiger partial charge in [-0.2, -0.15) is 0 Å². The largest absolute Gasteiger partial charge is 0.497 e. The molecule has 5 nitrogen and oxygen atoms in total. The molecule has 1 heterocycles. The second kappa shape index (κ2) is 4.02. The number of methoxy groups -OCH3 is 1. The molecule has 1 saturated heterocycles. The van der Waals surface area contributed by atoms with Crippen molar-refractivity contribution in [1.82, 2.24) is 5.32 Å². The molecule has 1 aliphatic heterocycles. The molecule has 0 unspecified atom stereocenters. The van der Waals surface area contributed by atoms with Crippen molar-refractivity contribution < 1.29 is 9.53 Å². The third-order valence-electron chi connectivity index (χ3n) is 2.80. The molecule has 0 saturated carbocycles. The van der Waals surface area contributed by atoms with Crippen LogP contribution < -0.4 is 21.1 Å². The van der Waals surface area contributed by atoms with Gasteiger partial charge in [0.2, 0.25) is 5.91 Å². The normalized spacial score (nSPS) is 17.3. The fraction of sp³-hybridized carbons (Fsp3) is 0.364. The molecule has 0 spiro atoms. The first-order valence-corrected chi connectivity index (χ1v) is 5.09. The van der Waals surface area contributed by atoms with Gasteiger partial charge in [-0.1, -0.05) is 0 Å². The Morgan fingerprint density at radius 3 is 2.44 bits per heavy atom. The summed E-state index contributed by atoms with van der Waals surface area (Å²) in [6, 6.07) is 7.40. The zero-order valence-corrected chi connectivity index (χ0v) is 9.12. The van der Waals surface area contributed by atoms with Crippen LogP contribution in [0.2, 0.25) is 0 Å². The maximum Gasteiger partial charge on any atom is 0.245 e. The summed E-state index contributed by atoms with van der Waals surface area (Å²) in [5, 5.41) is 6.19. The van der Waals surface area contributed by atoms with Gasteiger partial charge in [-0.15, -0.1) is 0 Å². The molecular weight excluding hydrogens is 206 g/mol. The minimum atomic E-state index is -0.644. The van der Waals surface area contributed by atoms with Crippen molar-refractivity contribution >= 4 is 11.6 Å². The fourth-order valence-corrected chi connectivity index (χ4v) is 1.65. The van der Waals surface area contributed by atoms with Crippen LogP contribution in [0.4, 0.5) is 5.69 Å². The smallest absolute Gasteiger partial charge is 0.245 e. The summed E-state index contributed by atoms with van der Waals surface area (Å²) in [7, 11) is 1.61. The van der Waals surface area contributed by atoms with E-state index in [4.69, 9.17) is 10.5 Å². The molecule has 0 aromatic heterocycles. The SMILES string of the molecule is COc1ccc(NC2(C(N)=O)CNC2)cc1. The number of anilines is 1. The number of carbonyl (C=O) groups is 1. The number of hydrogen-bond donors (Lipinski definition) is 3. The molecule has 1 fully saturated rings. The van der Waals surface area contributed by atoms with E-state index in [1.165, 1.54) is 0 Å². The molecule has 4 N–H and O–H groups in total.